The van der Waals surface area contributed by atoms with Crippen molar-refractivity contribution in [3.63, 3.8) is 0 Å². The Kier molecular flexibility index (Phi) is 4.43. The molecule has 5 rings (SSSR count). The lowest BCUT2D eigenvalue weighted by Crippen LogP contribution is -2.43. The van der Waals surface area contributed by atoms with Gasteiger partial charge in [0.05, 0.1) is 11.1 Å². The fourth-order valence-corrected chi connectivity index (χ4v) is 4.02. The number of aromatic nitrogens is 5. The Bertz CT molecular complexity index is 1440. The molecule has 164 valence electrons. The van der Waals surface area contributed by atoms with Gasteiger partial charge in [0.15, 0.2) is 5.67 Å². The minimum absolute atomic E-state index is 0.0165. The third-order valence-corrected chi connectivity index (χ3v) is 5.78. The van der Waals surface area contributed by atoms with Crippen LogP contribution in [0.25, 0.3) is 27.8 Å². The fraction of sp³-hybridized carbons (Fsp3) is 0.286. The average molecular weight is 440 g/mol. The van der Waals surface area contributed by atoms with Crippen LogP contribution in [-0.2, 0) is 5.67 Å². The third-order valence-electron chi connectivity index (χ3n) is 5.78. The Labute approximate surface area is 179 Å². The molecule has 1 saturated heterocycles. The number of piperidine rings is 1. The molecule has 4 heterocycles. The van der Waals surface area contributed by atoms with E-state index < -0.39 is 23.1 Å². The van der Waals surface area contributed by atoms with Gasteiger partial charge in [0.25, 0.3) is 5.56 Å². The van der Waals surface area contributed by atoms with Gasteiger partial charge in [-0.1, -0.05) is 0 Å². The zero-order valence-corrected chi connectivity index (χ0v) is 17.0. The number of aromatic amines is 1. The number of rotatable bonds is 2. The molecule has 1 aromatic carbocycles. The van der Waals surface area contributed by atoms with Gasteiger partial charge in [-0.2, -0.15) is 0 Å². The van der Waals surface area contributed by atoms with E-state index in [4.69, 9.17) is 5.11 Å². The number of carboxylic acid groups (broad SMARTS) is 1. The van der Waals surface area contributed by atoms with Gasteiger partial charge in [0.1, 0.15) is 17.2 Å². The van der Waals surface area contributed by atoms with Crippen molar-refractivity contribution in [2.75, 3.05) is 13.1 Å². The molecule has 0 radical (unpaired) electrons. The smallest absolute Gasteiger partial charge is 0.407 e. The van der Waals surface area contributed by atoms with Gasteiger partial charge in [-0.05, 0) is 24.6 Å². The van der Waals surface area contributed by atoms with Crippen LogP contribution in [0.1, 0.15) is 24.4 Å². The average Bonchev–Trinajstić information content (AvgIpc) is 3.13. The summed E-state index contributed by atoms with van der Waals surface area (Å²) >= 11 is 0. The lowest BCUT2D eigenvalue weighted by Gasteiger charge is -2.34. The van der Waals surface area contributed by atoms with Gasteiger partial charge in [-0.3, -0.25) is 9.20 Å². The first-order valence-corrected chi connectivity index (χ1v) is 9.96. The highest BCUT2D eigenvalue weighted by Gasteiger charge is 2.40. The lowest BCUT2D eigenvalue weighted by molar-refractivity contribution is 0.0487. The summed E-state index contributed by atoms with van der Waals surface area (Å²) in [6.07, 6.45) is 3.55. The number of aryl methyl sites for hydroxylation is 1. The predicted molar refractivity (Wildman–Crippen MR) is 111 cm³/mol. The maximum atomic E-state index is 15.5. The van der Waals surface area contributed by atoms with Crippen LogP contribution in [0.5, 0.6) is 0 Å². The molecule has 0 aliphatic carbocycles. The molecule has 0 bridgehead atoms. The number of nitrogens with one attached hydrogen (secondary N) is 1. The number of hydrogen-bond donors (Lipinski definition) is 2. The molecule has 0 saturated carbocycles. The van der Waals surface area contributed by atoms with E-state index in [1.165, 1.54) is 18.3 Å². The first-order chi connectivity index (χ1) is 15.2. The summed E-state index contributed by atoms with van der Waals surface area (Å²) in [5, 5.41) is 9.04. The Morgan fingerprint density at radius 1 is 1.19 bits per heavy atom. The minimum atomic E-state index is -2.04. The SMILES string of the molecule is Cc1cn2cc(-c3cc(F)c4nc(C5(F)CCN(C(=O)O)CC5)[nH]c(=O)c4c3)cnc2n1. The molecule has 2 N–H and O–H groups in total. The first kappa shape index (κ1) is 20.0. The molecule has 0 unspecified atom stereocenters. The number of benzene rings is 1. The van der Waals surface area contributed by atoms with E-state index in [-0.39, 0.29) is 42.7 Å². The summed E-state index contributed by atoms with van der Waals surface area (Å²) in [6.45, 7) is 1.74. The number of hydrogen-bond acceptors (Lipinski definition) is 5. The van der Waals surface area contributed by atoms with Crippen LogP contribution in [0, 0.1) is 12.7 Å². The Hall–Kier alpha value is -3.89. The standard InChI is InChI=1S/C21H18F2N6O3/c1-11-9-29-10-13(8-24-19(29)25-11)12-6-14-16(15(22)7-12)26-18(27-17(14)30)21(23)2-4-28(5-3-21)20(31)32/h6-10H,2-5H2,1H3,(H,31,32)(H,26,27,30). The van der Waals surface area contributed by atoms with Gasteiger partial charge < -0.3 is 15.0 Å². The number of nitrogens with zero attached hydrogens (tertiary/aromatic N) is 5. The van der Waals surface area contributed by atoms with Crippen molar-refractivity contribution >= 4 is 22.8 Å². The summed E-state index contributed by atoms with van der Waals surface area (Å²) in [5.41, 5.74) is -1.18. The highest BCUT2D eigenvalue weighted by molar-refractivity contribution is 5.84. The number of imidazole rings is 1. The molecule has 1 fully saturated rings. The van der Waals surface area contributed by atoms with Crippen LogP contribution in [0.3, 0.4) is 0 Å². The summed E-state index contributed by atoms with van der Waals surface area (Å²) in [5.74, 6) is -0.555. The van der Waals surface area contributed by atoms with E-state index in [1.54, 1.807) is 16.8 Å². The number of halogens is 2. The zero-order valence-electron chi connectivity index (χ0n) is 17.0. The second-order valence-corrected chi connectivity index (χ2v) is 7.94. The number of likely N-dealkylation sites (tertiary alicyclic amines) is 1. The quantitative estimate of drug-likeness (QED) is 0.495. The van der Waals surface area contributed by atoms with Crippen molar-refractivity contribution in [2.45, 2.75) is 25.4 Å². The van der Waals surface area contributed by atoms with Crippen molar-refractivity contribution in [2.24, 2.45) is 0 Å². The van der Waals surface area contributed by atoms with Crippen LogP contribution < -0.4 is 5.56 Å². The van der Waals surface area contributed by atoms with E-state index in [0.29, 0.717) is 16.9 Å². The summed E-state index contributed by atoms with van der Waals surface area (Å²) < 4.78 is 32.2. The molecule has 0 atom stereocenters. The van der Waals surface area contributed by atoms with Crippen LogP contribution in [-0.4, -0.2) is 53.5 Å². The number of fused-ring (bicyclic) bond motifs is 2. The molecule has 0 spiro atoms. The second kappa shape index (κ2) is 7.08. The second-order valence-electron chi connectivity index (χ2n) is 7.94. The van der Waals surface area contributed by atoms with E-state index in [2.05, 4.69) is 19.9 Å². The highest BCUT2D eigenvalue weighted by atomic mass is 19.1. The van der Waals surface area contributed by atoms with E-state index in [9.17, 15) is 9.59 Å². The third kappa shape index (κ3) is 3.26. The Morgan fingerprint density at radius 3 is 2.66 bits per heavy atom. The Morgan fingerprint density at radius 2 is 1.94 bits per heavy atom. The van der Waals surface area contributed by atoms with Crippen molar-refractivity contribution in [3.05, 3.63) is 58.4 Å². The van der Waals surface area contributed by atoms with Crippen molar-refractivity contribution in [3.8, 4) is 11.1 Å². The molecule has 3 aromatic heterocycles. The highest BCUT2D eigenvalue weighted by Crippen LogP contribution is 2.35. The molecule has 1 amide bonds. The molecule has 32 heavy (non-hydrogen) atoms. The number of amides is 1. The van der Waals surface area contributed by atoms with Crippen molar-refractivity contribution in [1.29, 1.82) is 0 Å². The largest absolute Gasteiger partial charge is 0.465 e. The van der Waals surface area contributed by atoms with Crippen LogP contribution >= 0.6 is 0 Å². The molecule has 11 heteroatoms. The summed E-state index contributed by atoms with van der Waals surface area (Å²) in [7, 11) is 0. The molecular weight excluding hydrogens is 422 g/mol. The predicted octanol–water partition coefficient (Wildman–Crippen LogP) is 3.02. The van der Waals surface area contributed by atoms with Gasteiger partial charge in [0.2, 0.25) is 5.78 Å². The molecule has 1 aliphatic heterocycles. The molecule has 1 aliphatic rings. The lowest BCUT2D eigenvalue weighted by atomic mass is 9.92. The monoisotopic (exact) mass is 440 g/mol. The van der Waals surface area contributed by atoms with Gasteiger partial charge in [0, 0.05) is 50.1 Å². The Balaban J connectivity index is 1.56. The van der Waals surface area contributed by atoms with Gasteiger partial charge in [-0.15, -0.1) is 0 Å². The number of alkyl halides is 1. The first-order valence-electron chi connectivity index (χ1n) is 9.96. The minimum Gasteiger partial charge on any atom is -0.465 e. The molecular formula is C21H18F2N6O3. The van der Waals surface area contributed by atoms with Gasteiger partial charge >= 0.3 is 6.09 Å². The fourth-order valence-electron chi connectivity index (χ4n) is 4.02. The van der Waals surface area contributed by atoms with E-state index in [0.717, 1.165) is 10.6 Å². The van der Waals surface area contributed by atoms with E-state index >= 15 is 8.78 Å². The summed E-state index contributed by atoms with van der Waals surface area (Å²) in [4.78, 5) is 39.9. The van der Waals surface area contributed by atoms with Crippen LogP contribution in [0.4, 0.5) is 13.6 Å². The van der Waals surface area contributed by atoms with Crippen molar-refractivity contribution in [1.82, 2.24) is 29.2 Å². The molecule has 4 aromatic rings. The zero-order chi connectivity index (χ0) is 22.6. The van der Waals surface area contributed by atoms with Crippen LogP contribution in [0.15, 0.2) is 35.5 Å². The van der Waals surface area contributed by atoms with E-state index in [1.807, 2.05) is 6.92 Å². The number of H-pyrrole nitrogens is 1. The number of carbonyl (C=O) groups is 1. The normalized spacial score (nSPS) is 16.0. The maximum absolute atomic E-state index is 15.5. The topological polar surface area (TPSA) is 116 Å². The van der Waals surface area contributed by atoms with Gasteiger partial charge in [-0.25, -0.2) is 28.5 Å². The summed E-state index contributed by atoms with van der Waals surface area (Å²) in [6, 6.07) is 2.71. The van der Waals surface area contributed by atoms with Crippen molar-refractivity contribution < 1.29 is 18.7 Å². The molecule has 9 nitrogen and oxygen atoms in total. The maximum Gasteiger partial charge on any atom is 0.407 e. The van der Waals surface area contributed by atoms with Crippen LogP contribution in [0.2, 0.25) is 0 Å².